The van der Waals surface area contributed by atoms with Gasteiger partial charge in [-0.25, -0.2) is 4.98 Å². The number of aryl methyl sites for hydroxylation is 1. The highest BCUT2D eigenvalue weighted by molar-refractivity contribution is 7.84. The van der Waals surface area contributed by atoms with Crippen LogP contribution in [0.25, 0.3) is 11.0 Å². The topological polar surface area (TPSA) is 60.9 Å². The fourth-order valence-corrected chi connectivity index (χ4v) is 3.30. The molecule has 2 aromatic rings. The monoisotopic (exact) mass is 279 g/mol. The van der Waals surface area contributed by atoms with Gasteiger partial charge in [0, 0.05) is 41.0 Å². The van der Waals surface area contributed by atoms with Gasteiger partial charge in [-0.05, 0) is 31.5 Å². The Labute approximate surface area is 116 Å². The lowest BCUT2D eigenvalue weighted by molar-refractivity contribution is 0.579. The highest BCUT2D eigenvalue weighted by Crippen LogP contribution is 2.24. The van der Waals surface area contributed by atoms with Crippen molar-refractivity contribution >= 4 is 27.5 Å². The first kappa shape index (κ1) is 14.1. The van der Waals surface area contributed by atoms with E-state index in [2.05, 4.69) is 23.4 Å². The number of anilines is 1. The molecule has 0 radical (unpaired) electrons. The summed E-state index contributed by atoms with van der Waals surface area (Å²) in [6.45, 7) is 4.23. The van der Waals surface area contributed by atoms with Crippen LogP contribution in [0.2, 0.25) is 0 Å². The third kappa shape index (κ3) is 2.97. The van der Waals surface area contributed by atoms with E-state index < -0.39 is 10.8 Å². The van der Waals surface area contributed by atoms with Gasteiger partial charge in [0.2, 0.25) is 0 Å². The average Bonchev–Trinajstić information content (AvgIpc) is 2.65. The van der Waals surface area contributed by atoms with E-state index >= 15 is 0 Å². The summed E-state index contributed by atoms with van der Waals surface area (Å²) in [6, 6.07) is 5.99. The summed E-state index contributed by atoms with van der Waals surface area (Å²) in [4.78, 5) is 4.68. The summed E-state index contributed by atoms with van der Waals surface area (Å²) >= 11 is 0. The summed E-state index contributed by atoms with van der Waals surface area (Å²) in [5.74, 6) is 1.70. The molecule has 1 heterocycles. The van der Waals surface area contributed by atoms with Crippen LogP contribution in [0.4, 0.5) is 5.69 Å². The Kier molecular flexibility index (Phi) is 4.24. The van der Waals surface area contributed by atoms with Gasteiger partial charge in [0.05, 0.1) is 11.0 Å². The van der Waals surface area contributed by atoms with Crippen LogP contribution in [0, 0.1) is 0 Å². The Bertz CT molecular complexity index is 606. The van der Waals surface area contributed by atoms with Gasteiger partial charge in [-0.15, -0.1) is 0 Å². The highest BCUT2D eigenvalue weighted by atomic mass is 32.2. The molecule has 0 fully saturated rings. The van der Waals surface area contributed by atoms with Gasteiger partial charge < -0.3 is 10.3 Å². The van der Waals surface area contributed by atoms with E-state index in [1.807, 2.05) is 18.2 Å². The fraction of sp³-hybridized carbons (Fsp3) is 0.500. The van der Waals surface area contributed by atoms with E-state index in [4.69, 9.17) is 5.73 Å². The molecule has 4 nitrogen and oxygen atoms in total. The number of benzene rings is 1. The Morgan fingerprint density at radius 2 is 2.21 bits per heavy atom. The van der Waals surface area contributed by atoms with Gasteiger partial charge in [0.25, 0.3) is 0 Å². The molecular formula is C14H21N3OS. The largest absolute Gasteiger partial charge is 0.399 e. The molecule has 1 aromatic carbocycles. The molecule has 2 rings (SSSR count). The molecule has 0 aliphatic heterocycles. The van der Waals surface area contributed by atoms with Gasteiger partial charge in [-0.2, -0.15) is 0 Å². The van der Waals surface area contributed by atoms with Crippen LogP contribution in [0.1, 0.15) is 32.1 Å². The van der Waals surface area contributed by atoms with Crippen molar-refractivity contribution < 1.29 is 4.21 Å². The Balaban J connectivity index is 2.54. The van der Waals surface area contributed by atoms with E-state index in [1.165, 1.54) is 0 Å². The quantitative estimate of drug-likeness (QED) is 0.855. The van der Waals surface area contributed by atoms with E-state index in [1.54, 1.807) is 6.26 Å². The minimum atomic E-state index is -0.813. The van der Waals surface area contributed by atoms with Crippen molar-refractivity contribution in [2.75, 3.05) is 17.7 Å². The van der Waals surface area contributed by atoms with Crippen molar-refractivity contribution in [2.45, 2.75) is 32.7 Å². The second-order valence-electron chi connectivity index (χ2n) is 4.99. The van der Waals surface area contributed by atoms with Crippen LogP contribution in [-0.4, -0.2) is 25.8 Å². The number of rotatable bonds is 5. The zero-order valence-electron chi connectivity index (χ0n) is 11.7. The minimum Gasteiger partial charge on any atom is -0.399 e. The first-order valence-electron chi connectivity index (χ1n) is 6.59. The molecule has 2 unspecified atom stereocenters. The van der Waals surface area contributed by atoms with E-state index in [-0.39, 0.29) is 6.04 Å². The number of aromatic nitrogens is 2. The Hall–Kier alpha value is -1.36. The SMILES string of the molecule is CCCc1nc2cc(N)ccc2n1C(C)CS(C)=O. The normalized spacial score (nSPS) is 14.7. The Morgan fingerprint density at radius 1 is 1.47 bits per heavy atom. The molecule has 0 saturated carbocycles. The molecule has 1 aromatic heterocycles. The van der Waals surface area contributed by atoms with Crippen LogP contribution in [0.3, 0.4) is 0 Å². The van der Waals surface area contributed by atoms with Crippen LogP contribution >= 0.6 is 0 Å². The second-order valence-corrected chi connectivity index (χ2v) is 6.46. The fourth-order valence-electron chi connectivity index (χ4n) is 2.47. The van der Waals surface area contributed by atoms with Crippen LogP contribution < -0.4 is 5.73 Å². The van der Waals surface area contributed by atoms with Crippen molar-refractivity contribution in [1.29, 1.82) is 0 Å². The van der Waals surface area contributed by atoms with Gasteiger partial charge in [-0.1, -0.05) is 6.92 Å². The van der Waals surface area contributed by atoms with Crippen molar-refractivity contribution in [3.8, 4) is 0 Å². The maximum absolute atomic E-state index is 11.5. The van der Waals surface area contributed by atoms with Crippen molar-refractivity contribution in [3.63, 3.8) is 0 Å². The molecule has 0 spiro atoms. The number of hydrogen-bond donors (Lipinski definition) is 1. The summed E-state index contributed by atoms with van der Waals surface area (Å²) in [5.41, 5.74) is 8.55. The van der Waals surface area contributed by atoms with Crippen molar-refractivity contribution in [2.24, 2.45) is 0 Å². The van der Waals surface area contributed by atoms with Crippen LogP contribution in [0.15, 0.2) is 18.2 Å². The van der Waals surface area contributed by atoms with Gasteiger partial charge in [0.15, 0.2) is 0 Å². The summed E-state index contributed by atoms with van der Waals surface area (Å²) in [7, 11) is -0.813. The first-order chi connectivity index (χ1) is 9.02. The van der Waals surface area contributed by atoms with E-state index in [0.29, 0.717) is 5.75 Å². The third-order valence-corrected chi connectivity index (χ3v) is 4.13. The number of nitrogen functional groups attached to an aromatic ring is 1. The van der Waals surface area contributed by atoms with Gasteiger partial charge in [0.1, 0.15) is 5.82 Å². The zero-order valence-corrected chi connectivity index (χ0v) is 12.5. The predicted octanol–water partition coefficient (Wildman–Crippen LogP) is 2.51. The third-order valence-electron chi connectivity index (χ3n) is 3.18. The molecule has 0 amide bonds. The van der Waals surface area contributed by atoms with Gasteiger partial charge in [-0.3, -0.25) is 4.21 Å². The number of nitrogens with two attached hydrogens (primary N) is 1. The number of nitrogens with zero attached hydrogens (tertiary/aromatic N) is 2. The molecule has 0 aliphatic carbocycles. The first-order valence-corrected chi connectivity index (χ1v) is 8.32. The number of imidazole rings is 1. The standard InChI is InChI=1S/C14H21N3OS/c1-4-5-14-16-12-8-11(15)6-7-13(12)17(14)10(2)9-19(3)18/h6-8,10H,4-5,9,15H2,1-3H3. The summed E-state index contributed by atoms with van der Waals surface area (Å²) in [5, 5.41) is 0. The van der Waals surface area contributed by atoms with E-state index in [0.717, 1.165) is 35.4 Å². The zero-order chi connectivity index (χ0) is 14.0. The lowest BCUT2D eigenvalue weighted by atomic mass is 10.2. The van der Waals surface area contributed by atoms with Gasteiger partial charge >= 0.3 is 0 Å². The molecular weight excluding hydrogens is 258 g/mol. The highest BCUT2D eigenvalue weighted by Gasteiger charge is 2.16. The lowest BCUT2D eigenvalue weighted by Crippen LogP contribution is -2.15. The van der Waals surface area contributed by atoms with Crippen LogP contribution in [-0.2, 0) is 17.2 Å². The Morgan fingerprint density at radius 3 is 2.84 bits per heavy atom. The van der Waals surface area contributed by atoms with Crippen molar-refractivity contribution in [1.82, 2.24) is 9.55 Å². The summed E-state index contributed by atoms with van der Waals surface area (Å²) in [6.07, 6.45) is 3.71. The predicted molar refractivity (Wildman–Crippen MR) is 81.8 cm³/mol. The lowest BCUT2D eigenvalue weighted by Gasteiger charge is -2.16. The molecule has 0 saturated heterocycles. The second kappa shape index (κ2) is 5.74. The van der Waals surface area contributed by atoms with E-state index in [9.17, 15) is 4.21 Å². The number of hydrogen-bond acceptors (Lipinski definition) is 3. The minimum absolute atomic E-state index is 0.181. The molecule has 2 atom stereocenters. The molecule has 0 bridgehead atoms. The van der Waals surface area contributed by atoms with Crippen LogP contribution in [0.5, 0.6) is 0 Å². The molecule has 0 aliphatic rings. The van der Waals surface area contributed by atoms with Crippen molar-refractivity contribution in [3.05, 3.63) is 24.0 Å². The molecule has 19 heavy (non-hydrogen) atoms. The maximum atomic E-state index is 11.5. The summed E-state index contributed by atoms with van der Waals surface area (Å²) < 4.78 is 13.7. The number of fused-ring (bicyclic) bond motifs is 1. The molecule has 2 N–H and O–H groups in total. The smallest absolute Gasteiger partial charge is 0.110 e. The average molecular weight is 279 g/mol. The molecule has 104 valence electrons. The maximum Gasteiger partial charge on any atom is 0.110 e. The molecule has 5 heteroatoms.